The smallest absolute Gasteiger partial charge is 0.263 e. The molecular formula is C14H16N4O2S. The predicted molar refractivity (Wildman–Crippen MR) is 80.8 cm³/mol. The molecule has 7 heteroatoms. The summed E-state index contributed by atoms with van der Waals surface area (Å²) in [6.07, 6.45) is 3.37. The van der Waals surface area contributed by atoms with Crippen LogP contribution in [0.2, 0.25) is 0 Å². The monoisotopic (exact) mass is 304 g/mol. The van der Waals surface area contributed by atoms with E-state index < -0.39 is 0 Å². The first-order chi connectivity index (χ1) is 10.0. The van der Waals surface area contributed by atoms with Crippen molar-refractivity contribution in [1.29, 1.82) is 0 Å². The van der Waals surface area contributed by atoms with Crippen LogP contribution in [0.25, 0.3) is 16.0 Å². The maximum Gasteiger partial charge on any atom is 0.263 e. The largest absolute Gasteiger partial charge is 0.369 e. The molecule has 0 bridgehead atoms. The molecule has 110 valence electrons. The molecule has 3 aromatic heterocycles. The van der Waals surface area contributed by atoms with Gasteiger partial charge in [0.1, 0.15) is 11.2 Å². The SMILES string of the molecule is CCC1(C)Cc2c(sc3c2c(=O)n(C)c2nncn32)CO1. The second kappa shape index (κ2) is 4.14. The standard InChI is InChI=1S/C14H16N4O2S/c1-4-14(2)5-8-9(6-20-14)21-12-10(8)11(19)17(3)13-16-15-7-18(12)13/h7H,4-6H2,1-3H3. The maximum absolute atomic E-state index is 12.7. The van der Waals surface area contributed by atoms with Gasteiger partial charge in [-0.15, -0.1) is 21.5 Å². The molecule has 0 saturated carbocycles. The van der Waals surface area contributed by atoms with Gasteiger partial charge < -0.3 is 4.74 Å². The van der Waals surface area contributed by atoms with E-state index in [0.29, 0.717) is 12.4 Å². The molecule has 0 saturated heterocycles. The minimum absolute atomic E-state index is 0.00310. The van der Waals surface area contributed by atoms with E-state index in [1.54, 1.807) is 29.3 Å². The number of aryl methyl sites for hydroxylation is 1. The highest BCUT2D eigenvalue weighted by atomic mass is 32.1. The quantitative estimate of drug-likeness (QED) is 0.689. The summed E-state index contributed by atoms with van der Waals surface area (Å²) in [7, 11) is 1.74. The Bertz CT molecular complexity index is 922. The molecule has 0 fully saturated rings. The van der Waals surface area contributed by atoms with Gasteiger partial charge >= 0.3 is 0 Å². The average molecular weight is 304 g/mol. The zero-order valence-corrected chi connectivity index (χ0v) is 13.0. The number of thiophene rings is 1. The van der Waals surface area contributed by atoms with Gasteiger partial charge in [0.05, 0.1) is 17.6 Å². The van der Waals surface area contributed by atoms with E-state index in [1.807, 2.05) is 4.40 Å². The molecule has 21 heavy (non-hydrogen) atoms. The van der Waals surface area contributed by atoms with Gasteiger partial charge in [-0.25, -0.2) is 0 Å². The highest BCUT2D eigenvalue weighted by Gasteiger charge is 2.33. The van der Waals surface area contributed by atoms with Crippen LogP contribution >= 0.6 is 11.3 Å². The Kier molecular flexibility index (Phi) is 2.56. The third-order valence-electron chi connectivity index (χ3n) is 4.49. The van der Waals surface area contributed by atoms with Gasteiger partial charge in [-0.3, -0.25) is 13.8 Å². The van der Waals surface area contributed by atoms with E-state index in [1.165, 1.54) is 0 Å². The lowest BCUT2D eigenvalue weighted by Gasteiger charge is -2.32. The molecule has 4 heterocycles. The minimum atomic E-state index is -0.186. The van der Waals surface area contributed by atoms with Gasteiger partial charge in [0.2, 0.25) is 5.78 Å². The summed E-state index contributed by atoms with van der Waals surface area (Å²) in [6.45, 7) is 4.81. The predicted octanol–water partition coefficient (Wildman–Crippen LogP) is 1.88. The number of aromatic nitrogens is 4. The molecular weight excluding hydrogens is 288 g/mol. The molecule has 0 aliphatic carbocycles. The fourth-order valence-electron chi connectivity index (χ4n) is 2.94. The van der Waals surface area contributed by atoms with Crippen molar-refractivity contribution in [3.63, 3.8) is 0 Å². The van der Waals surface area contributed by atoms with Gasteiger partial charge in [-0.2, -0.15) is 0 Å². The van der Waals surface area contributed by atoms with Gasteiger partial charge in [-0.1, -0.05) is 6.92 Å². The Morgan fingerprint density at radius 1 is 1.52 bits per heavy atom. The van der Waals surface area contributed by atoms with Crippen molar-refractivity contribution in [3.05, 3.63) is 27.1 Å². The maximum atomic E-state index is 12.7. The second-order valence-electron chi connectivity index (χ2n) is 5.82. The molecule has 4 rings (SSSR count). The molecule has 1 aliphatic heterocycles. The number of rotatable bonds is 1. The molecule has 0 amide bonds. The first-order valence-corrected chi connectivity index (χ1v) is 7.82. The molecule has 1 unspecified atom stereocenters. The minimum Gasteiger partial charge on any atom is -0.369 e. The van der Waals surface area contributed by atoms with E-state index in [-0.39, 0.29) is 11.2 Å². The molecule has 0 aromatic carbocycles. The summed E-state index contributed by atoms with van der Waals surface area (Å²) >= 11 is 1.61. The first-order valence-electron chi connectivity index (χ1n) is 7.01. The molecule has 3 aromatic rings. The Morgan fingerprint density at radius 3 is 3.10 bits per heavy atom. The zero-order valence-electron chi connectivity index (χ0n) is 12.2. The van der Waals surface area contributed by atoms with Crippen molar-refractivity contribution in [1.82, 2.24) is 19.2 Å². The summed E-state index contributed by atoms with van der Waals surface area (Å²) in [4.78, 5) is 14.8. The lowest BCUT2D eigenvalue weighted by atomic mass is 9.90. The van der Waals surface area contributed by atoms with Gasteiger partial charge in [0.15, 0.2) is 0 Å². The third-order valence-corrected chi connectivity index (χ3v) is 5.69. The van der Waals surface area contributed by atoms with Crippen molar-refractivity contribution >= 4 is 27.3 Å². The Hall–Kier alpha value is -1.73. The van der Waals surface area contributed by atoms with Crippen LogP contribution in [-0.2, 0) is 24.8 Å². The number of nitrogens with zero attached hydrogens (tertiary/aromatic N) is 4. The van der Waals surface area contributed by atoms with Crippen LogP contribution in [0.5, 0.6) is 0 Å². The van der Waals surface area contributed by atoms with E-state index >= 15 is 0 Å². The van der Waals surface area contributed by atoms with Crippen LogP contribution < -0.4 is 5.56 Å². The summed E-state index contributed by atoms with van der Waals surface area (Å²) in [5.41, 5.74) is 0.957. The van der Waals surface area contributed by atoms with Crippen molar-refractivity contribution in [3.8, 4) is 0 Å². The van der Waals surface area contributed by atoms with Crippen LogP contribution in [0.3, 0.4) is 0 Å². The first kappa shape index (κ1) is 13.0. The Morgan fingerprint density at radius 2 is 2.33 bits per heavy atom. The van der Waals surface area contributed by atoms with Crippen molar-refractivity contribution in [2.75, 3.05) is 0 Å². The Balaban J connectivity index is 2.12. The molecule has 1 atom stereocenters. The highest BCUT2D eigenvalue weighted by molar-refractivity contribution is 7.18. The molecule has 1 aliphatic rings. The van der Waals surface area contributed by atoms with Crippen molar-refractivity contribution in [2.45, 2.75) is 38.9 Å². The van der Waals surface area contributed by atoms with Crippen molar-refractivity contribution < 1.29 is 4.74 Å². The van der Waals surface area contributed by atoms with E-state index in [9.17, 15) is 4.79 Å². The van der Waals surface area contributed by atoms with Crippen LogP contribution in [0.1, 0.15) is 30.7 Å². The topological polar surface area (TPSA) is 61.4 Å². The Labute approximate surface area is 125 Å². The number of hydrogen-bond donors (Lipinski definition) is 0. The van der Waals surface area contributed by atoms with Crippen molar-refractivity contribution in [2.24, 2.45) is 7.05 Å². The fraction of sp³-hybridized carbons (Fsp3) is 0.500. The fourth-order valence-corrected chi connectivity index (χ4v) is 4.13. The van der Waals surface area contributed by atoms with Crippen LogP contribution in [0, 0.1) is 0 Å². The third kappa shape index (κ3) is 1.64. The normalized spacial score (nSPS) is 22.0. The second-order valence-corrected chi connectivity index (χ2v) is 6.90. The van der Waals surface area contributed by atoms with Crippen LogP contribution in [-0.4, -0.2) is 24.8 Å². The molecule has 0 N–H and O–H groups in total. The van der Waals surface area contributed by atoms with Gasteiger partial charge in [-0.05, 0) is 18.9 Å². The van der Waals surface area contributed by atoms with Crippen LogP contribution in [0.4, 0.5) is 0 Å². The molecule has 6 nitrogen and oxygen atoms in total. The molecule has 0 radical (unpaired) electrons. The molecule has 0 spiro atoms. The van der Waals surface area contributed by atoms with Gasteiger partial charge in [0, 0.05) is 18.3 Å². The van der Waals surface area contributed by atoms with Gasteiger partial charge in [0.25, 0.3) is 5.56 Å². The zero-order chi connectivity index (χ0) is 14.8. The van der Waals surface area contributed by atoms with E-state index in [2.05, 4.69) is 24.0 Å². The lowest BCUT2D eigenvalue weighted by molar-refractivity contribution is -0.0543. The summed E-state index contributed by atoms with van der Waals surface area (Å²) in [5, 5.41) is 8.76. The van der Waals surface area contributed by atoms with E-state index in [4.69, 9.17) is 4.74 Å². The summed E-state index contributed by atoms with van der Waals surface area (Å²) in [5.74, 6) is 0.574. The average Bonchev–Trinajstić information content (AvgIpc) is 3.08. The summed E-state index contributed by atoms with van der Waals surface area (Å²) < 4.78 is 9.46. The van der Waals surface area contributed by atoms with Crippen LogP contribution in [0.15, 0.2) is 11.1 Å². The lowest BCUT2D eigenvalue weighted by Crippen LogP contribution is -2.34. The van der Waals surface area contributed by atoms with E-state index in [0.717, 1.165) is 33.5 Å². The number of ether oxygens (including phenoxy) is 1. The highest BCUT2D eigenvalue weighted by Crippen LogP contribution is 2.38. The number of fused-ring (bicyclic) bond motifs is 5. The summed E-state index contributed by atoms with van der Waals surface area (Å²) in [6, 6.07) is 0. The number of hydrogen-bond acceptors (Lipinski definition) is 5.